The average Bonchev–Trinajstić information content (AvgIpc) is 2.34. The molecule has 1 rings (SSSR count). The summed E-state index contributed by atoms with van der Waals surface area (Å²) < 4.78 is 18.8. The number of ether oxygens (including phenoxy) is 1. The quantitative estimate of drug-likeness (QED) is 0.523. The van der Waals surface area contributed by atoms with Crippen molar-refractivity contribution < 1.29 is 19.1 Å². The molecule has 0 radical (unpaired) electrons. The van der Waals surface area contributed by atoms with Crippen LogP contribution in [0.4, 0.5) is 11.8 Å². The molecule has 9 nitrogen and oxygen atoms in total. The third kappa shape index (κ3) is 3.92. The van der Waals surface area contributed by atoms with Crippen molar-refractivity contribution in [2.75, 3.05) is 18.1 Å². The lowest BCUT2D eigenvalue weighted by Crippen LogP contribution is -2.44. The van der Waals surface area contributed by atoms with Crippen LogP contribution >= 0.6 is 7.60 Å². The Hall–Kier alpha value is -1.41. The normalized spacial score (nSPS) is 13.0. The first-order valence-electron chi connectivity index (χ1n) is 7.26. The highest BCUT2D eigenvalue weighted by molar-refractivity contribution is 7.53. The molecule has 0 bridgehead atoms. The van der Waals surface area contributed by atoms with Gasteiger partial charge in [-0.15, -0.1) is 0 Å². The first kappa shape index (κ1) is 19.6. The van der Waals surface area contributed by atoms with Crippen LogP contribution in [-0.4, -0.2) is 31.3 Å². The van der Waals surface area contributed by atoms with Crippen LogP contribution in [-0.2, 0) is 15.8 Å². The molecule has 10 heteroatoms. The van der Waals surface area contributed by atoms with Gasteiger partial charge in [-0.25, -0.2) is 0 Å². The molecule has 1 heterocycles. The standard InChI is InChI=1S/C13H25N4O5P/c1-8(2)13(9(3)4,23(19,20)21)22-6-5-17-11(18)7-10(14)16-12(17)15/h7-9H,5-6,14H2,1-4H3,(H2,15,16)(H2,19,20,21). The Morgan fingerprint density at radius 2 is 1.83 bits per heavy atom. The van der Waals surface area contributed by atoms with E-state index in [9.17, 15) is 19.1 Å². The zero-order valence-corrected chi connectivity index (χ0v) is 14.7. The summed E-state index contributed by atoms with van der Waals surface area (Å²) in [5.41, 5.74) is 10.6. The number of nitrogen functional groups attached to an aromatic ring is 2. The minimum atomic E-state index is -4.55. The second kappa shape index (κ2) is 7.00. The molecule has 1 aromatic heterocycles. The van der Waals surface area contributed by atoms with Crippen molar-refractivity contribution in [2.45, 2.75) is 39.6 Å². The third-order valence-electron chi connectivity index (χ3n) is 3.82. The van der Waals surface area contributed by atoms with Gasteiger partial charge in [0.1, 0.15) is 5.82 Å². The van der Waals surface area contributed by atoms with Gasteiger partial charge in [0, 0.05) is 6.07 Å². The number of hydrogen-bond donors (Lipinski definition) is 4. The second-order valence-electron chi connectivity index (χ2n) is 5.98. The lowest BCUT2D eigenvalue weighted by atomic mass is 9.95. The maximum Gasteiger partial charge on any atom is 0.357 e. The summed E-state index contributed by atoms with van der Waals surface area (Å²) in [5, 5.41) is -1.63. The highest BCUT2D eigenvalue weighted by Crippen LogP contribution is 2.59. The SMILES string of the molecule is CC(C)C(OCCn1c(N)nc(N)cc1=O)(C(C)C)P(=O)(O)O. The Morgan fingerprint density at radius 3 is 2.22 bits per heavy atom. The van der Waals surface area contributed by atoms with E-state index in [4.69, 9.17) is 16.2 Å². The average molecular weight is 348 g/mol. The van der Waals surface area contributed by atoms with Crippen LogP contribution in [0.5, 0.6) is 0 Å². The minimum absolute atomic E-state index is 0.0126. The molecule has 0 amide bonds. The predicted octanol–water partition coefficient (Wildman–Crippen LogP) is 0.610. The molecule has 0 aliphatic heterocycles. The van der Waals surface area contributed by atoms with Crippen molar-refractivity contribution in [1.82, 2.24) is 9.55 Å². The van der Waals surface area contributed by atoms with E-state index in [1.54, 1.807) is 27.7 Å². The fourth-order valence-corrected chi connectivity index (χ4v) is 4.43. The Morgan fingerprint density at radius 1 is 1.30 bits per heavy atom. The molecule has 0 aliphatic rings. The molecule has 0 saturated carbocycles. The van der Waals surface area contributed by atoms with Gasteiger partial charge in [-0.1, -0.05) is 27.7 Å². The largest absolute Gasteiger partial charge is 0.383 e. The monoisotopic (exact) mass is 348 g/mol. The summed E-state index contributed by atoms with van der Waals surface area (Å²) in [7, 11) is -4.55. The zero-order chi connectivity index (χ0) is 18.0. The number of nitrogens with zero attached hydrogens (tertiary/aromatic N) is 2. The first-order chi connectivity index (χ1) is 10.4. The Kier molecular flexibility index (Phi) is 5.98. The molecule has 0 aromatic carbocycles. The lowest BCUT2D eigenvalue weighted by molar-refractivity contribution is -0.0648. The summed E-state index contributed by atoms with van der Waals surface area (Å²) >= 11 is 0. The number of aromatic nitrogens is 2. The topological polar surface area (TPSA) is 154 Å². The summed E-state index contributed by atoms with van der Waals surface area (Å²) in [6, 6.07) is 1.12. The van der Waals surface area contributed by atoms with Gasteiger partial charge >= 0.3 is 7.60 Å². The first-order valence-corrected chi connectivity index (χ1v) is 8.87. The third-order valence-corrected chi connectivity index (χ3v) is 5.89. The zero-order valence-electron chi connectivity index (χ0n) is 13.8. The molecular formula is C13H25N4O5P. The molecule has 0 saturated heterocycles. The molecule has 0 aliphatic carbocycles. The van der Waals surface area contributed by atoms with Gasteiger partial charge in [-0.05, 0) is 11.8 Å². The van der Waals surface area contributed by atoms with Crippen molar-refractivity contribution in [1.29, 1.82) is 0 Å². The van der Waals surface area contributed by atoms with Crippen molar-refractivity contribution in [3.63, 3.8) is 0 Å². The van der Waals surface area contributed by atoms with Crippen LogP contribution in [0.15, 0.2) is 10.9 Å². The van der Waals surface area contributed by atoms with Gasteiger partial charge in [0.15, 0.2) is 5.34 Å². The highest BCUT2D eigenvalue weighted by atomic mass is 31.2. The lowest BCUT2D eigenvalue weighted by Gasteiger charge is -2.41. The molecule has 0 atom stereocenters. The molecule has 1 aromatic rings. The summed E-state index contributed by atoms with van der Waals surface area (Å²) in [4.78, 5) is 35.2. The number of anilines is 2. The van der Waals surface area contributed by atoms with Gasteiger partial charge in [-0.2, -0.15) is 4.98 Å². The van der Waals surface area contributed by atoms with Crippen LogP contribution in [0.25, 0.3) is 0 Å². The molecule has 0 unspecified atom stereocenters. The predicted molar refractivity (Wildman–Crippen MR) is 87.7 cm³/mol. The highest BCUT2D eigenvalue weighted by Gasteiger charge is 2.53. The molecule has 6 N–H and O–H groups in total. The maximum absolute atomic E-state index is 12.0. The fourth-order valence-electron chi connectivity index (χ4n) is 2.82. The molecule has 132 valence electrons. The molecule has 0 spiro atoms. The van der Waals surface area contributed by atoms with E-state index < -0.39 is 30.3 Å². The van der Waals surface area contributed by atoms with E-state index in [1.807, 2.05) is 0 Å². The van der Waals surface area contributed by atoms with E-state index in [0.717, 1.165) is 10.6 Å². The number of nitrogens with two attached hydrogens (primary N) is 2. The van der Waals surface area contributed by atoms with Crippen LogP contribution < -0.4 is 17.0 Å². The molecule has 0 fully saturated rings. The van der Waals surface area contributed by atoms with Gasteiger partial charge in [-0.3, -0.25) is 13.9 Å². The Balaban J connectivity index is 3.02. The van der Waals surface area contributed by atoms with Crippen LogP contribution in [0, 0.1) is 11.8 Å². The molecule has 23 heavy (non-hydrogen) atoms. The van der Waals surface area contributed by atoms with Crippen molar-refractivity contribution in [3.05, 3.63) is 16.4 Å². The van der Waals surface area contributed by atoms with E-state index in [2.05, 4.69) is 4.98 Å². The van der Waals surface area contributed by atoms with Gasteiger partial charge in [0.25, 0.3) is 5.56 Å². The number of hydrogen-bond acceptors (Lipinski definition) is 6. The van der Waals surface area contributed by atoms with Crippen molar-refractivity contribution >= 4 is 19.4 Å². The summed E-state index contributed by atoms with van der Waals surface area (Å²) in [5.74, 6) is -0.919. The van der Waals surface area contributed by atoms with E-state index in [1.165, 1.54) is 0 Å². The van der Waals surface area contributed by atoms with Crippen molar-refractivity contribution in [3.8, 4) is 0 Å². The number of rotatable bonds is 7. The molecular weight excluding hydrogens is 323 g/mol. The summed E-state index contributed by atoms with van der Waals surface area (Å²) in [6.45, 7) is 6.65. The van der Waals surface area contributed by atoms with Crippen LogP contribution in [0.1, 0.15) is 27.7 Å². The summed E-state index contributed by atoms with van der Waals surface area (Å²) in [6.07, 6.45) is 0. The second-order valence-corrected chi connectivity index (χ2v) is 7.77. The Labute approximate surface area is 134 Å². The van der Waals surface area contributed by atoms with Gasteiger partial charge < -0.3 is 26.0 Å². The smallest absolute Gasteiger partial charge is 0.357 e. The fraction of sp³-hybridized carbons (Fsp3) is 0.692. The van der Waals surface area contributed by atoms with Gasteiger partial charge in [0.05, 0.1) is 13.2 Å². The van der Waals surface area contributed by atoms with E-state index in [-0.39, 0.29) is 24.9 Å². The van der Waals surface area contributed by atoms with E-state index in [0.29, 0.717) is 0 Å². The Bertz CT molecular complexity index is 644. The van der Waals surface area contributed by atoms with Crippen LogP contribution in [0.2, 0.25) is 0 Å². The van der Waals surface area contributed by atoms with Crippen LogP contribution in [0.3, 0.4) is 0 Å². The maximum atomic E-state index is 12.0. The minimum Gasteiger partial charge on any atom is -0.383 e. The van der Waals surface area contributed by atoms with Crippen molar-refractivity contribution in [2.24, 2.45) is 11.8 Å². The van der Waals surface area contributed by atoms with E-state index >= 15 is 0 Å². The van der Waals surface area contributed by atoms with Gasteiger partial charge in [0.2, 0.25) is 5.95 Å².